The number of Topliss-reactive ketones (excluding diaryl/α,β-unsaturated/α-hetero) is 1. The SMILES string of the molecule is CC(=O)O[C@H]1C(=O)[C@@]2(C)[C@H]([C@H](OC(=O)c3ccccc3)[C@]3(O)C[C@H](OC(=O)C4OC(O)C(C)(C)C4NC(=O)OC(C)(C)C)C(C)=C1C3(C)C)[C@]1(OC(C)=O)CO[C@@H]1C[C@@H]2O. The van der Waals surface area contributed by atoms with Gasteiger partial charge in [-0.05, 0) is 57.9 Å². The molecule has 1 aromatic carbocycles. The van der Waals surface area contributed by atoms with Crippen molar-refractivity contribution in [3.05, 3.63) is 47.0 Å². The lowest BCUT2D eigenvalue weighted by atomic mass is 9.44. The van der Waals surface area contributed by atoms with Crippen LogP contribution in [0.25, 0.3) is 0 Å². The molecule has 0 spiro atoms. The number of amides is 1. The van der Waals surface area contributed by atoms with Gasteiger partial charge in [0.25, 0.3) is 0 Å². The summed E-state index contributed by atoms with van der Waals surface area (Å²) in [6.45, 7) is 16.1. The van der Waals surface area contributed by atoms with Crippen LogP contribution in [0.2, 0.25) is 0 Å². The summed E-state index contributed by atoms with van der Waals surface area (Å²) < 4.78 is 41.4. The third-order valence-electron chi connectivity index (χ3n) is 13.4. The lowest BCUT2D eigenvalue weighted by Gasteiger charge is -2.67. The minimum Gasteiger partial charge on any atom is -0.456 e. The fraction of sp³-hybridized carbons (Fsp3) is 0.674. The molecular weight excluding hydrogens is 786 g/mol. The molecular formula is C43H57NO16. The Hall–Kier alpha value is -4.42. The van der Waals surface area contributed by atoms with Crippen LogP contribution in [0.1, 0.15) is 99.4 Å². The molecule has 2 saturated heterocycles. The van der Waals surface area contributed by atoms with Crippen molar-refractivity contribution in [1.29, 1.82) is 0 Å². The molecule has 0 radical (unpaired) electrons. The highest BCUT2D eigenvalue weighted by molar-refractivity contribution is 5.95. The van der Waals surface area contributed by atoms with E-state index in [1.165, 1.54) is 26.0 Å². The molecule has 4 N–H and O–H groups in total. The van der Waals surface area contributed by atoms with Crippen LogP contribution >= 0.6 is 0 Å². The second kappa shape index (κ2) is 15.2. The van der Waals surface area contributed by atoms with Crippen molar-refractivity contribution in [1.82, 2.24) is 5.32 Å². The number of hydrogen-bond donors (Lipinski definition) is 4. The van der Waals surface area contributed by atoms with Gasteiger partial charge in [0.2, 0.25) is 0 Å². The van der Waals surface area contributed by atoms with E-state index in [4.69, 9.17) is 33.2 Å². The van der Waals surface area contributed by atoms with E-state index in [0.29, 0.717) is 0 Å². The summed E-state index contributed by atoms with van der Waals surface area (Å²) in [4.78, 5) is 83.0. The van der Waals surface area contributed by atoms with Crippen molar-refractivity contribution in [2.45, 2.75) is 155 Å². The molecule has 60 heavy (non-hydrogen) atoms. The Bertz CT molecular complexity index is 1970. The minimum absolute atomic E-state index is 0.00605. The van der Waals surface area contributed by atoms with Gasteiger partial charge in [0.1, 0.15) is 29.5 Å². The molecule has 17 nitrogen and oxygen atoms in total. The molecule has 2 saturated carbocycles. The predicted octanol–water partition coefficient (Wildman–Crippen LogP) is 2.84. The molecule has 2 heterocycles. The maximum atomic E-state index is 15.5. The van der Waals surface area contributed by atoms with Gasteiger partial charge in [-0.2, -0.15) is 0 Å². The number of esters is 4. The fourth-order valence-electron chi connectivity index (χ4n) is 10.0. The van der Waals surface area contributed by atoms with Gasteiger partial charge >= 0.3 is 30.0 Å². The van der Waals surface area contributed by atoms with Crippen LogP contribution in [0.3, 0.4) is 0 Å². The average molecular weight is 844 g/mol. The van der Waals surface area contributed by atoms with E-state index in [9.17, 15) is 39.3 Å². The smallest absolute Gasteiger partial charge is 0.407 e. The maximum Gasteiger partial charge on any atom is 0.407 e. The monoisotopic (exact) mass is 843 g/mol. The molecule has 4 fully saturated rings. The van der Waals surface area contributed by atoms with Crippen molar-refractivity contribution >= 4 is 35.8 Å². The second-order valence-corrected chi connectivity index (χ2v) is 19.0. The standard InChI is InChI=1S/C43H57NO16/c1-20-24(56-35(50)29-31(39(7,8)36(51)57-29)44-37(52)60-38(4,5)6)18-43(53)33(58-34(49)23-15-13-12-14-16-23)30-41(11,25(47)17-26-42(30,19-54-26)59-22(3)46)32(48)28(55-21(2)45)27(20)40(43,9)10/h12-16,24-26,28-31,33,36,47,51,53H,17-19H2,1-11H3,(H,44,52)/t24-,25-,26+,28+,29?,30-,31?,33-,36?,41+,42-,43+/m0/s1. The van der Waals surface area contributed by atoms with Gasteiger partial charge in [0.15, 0.2) is 29.9 Å². The molecule has 3 unspecified atom stereocenters. The topological polar surface area (TPSA) is 240 Å². The maximum absolute atomic E-state index is 15.5. The van der Waals surface area contributed by atoms with E-state index in [1.807, 2.05) is 0 Å². The van der Waals surface area contributed by atoms with Crippen molar-refractivity contribution < 1.29 is 77.2 Å². The zero-order valence-electron chi connectivity index (χ0n) is 35.9. The van der Waals surface area contributed by atoms with E-state index in [2.05, 4.69) is 5.32 Å². The number of aliphatic hydroxyl groups excluding tert-OH is 2. The number of nitrogens with one attached hydrogen (secondary N) is 1. The van der Waals surface area contributed by atoms with Crippen LogP contribution in [-0.4, -0.2) is 123 Å². The zero-order valence-corrected chi connectivity index (χ0v) is 35.9. The minimum atomic E-state index is -2.38. The first-order chi connectivity index (χ1) is 27.6. The average Bonchev–Trinajstić information content (AvgIpc) is 3.35. The van der Waals surface area contributed by atoms with Crippen molar-refractivity contribution in [3.8, 4) is 0 Å². The largest absolute Gasteiger partial charge is 0.456 e. The third-order valence-corrected chi connectivity index (χ3v) is 13.4. The van der Waals surface area contributed by atoms with Crippen LogP contribution in [0.5, 0.6) is 0 Å². The van der Waals surface area contributed by atoms with Gasteiger partial charge in [-0.3, -0.25) is 14.4 Å². The number of fused-ring (bicyclic) bond motifs is 5. The lowest BCUT2D eigenvalue weighted by molar-refractivity contribution is -0.346. The van der Waals surface area contributed by atoms with E-state index >= 15 is 4.79 Å². The van der Waals surface area contributed by atoms with Gasteiger partial charge in [-0.15, -0.1) is 0 Å². The molecule has 3 aliphatic carbocycles. The van der Waals surface area contributed by atoms with Crippen molar-refractivity contribution in [2.24, 2.45) is 22.2 Å². The van der Waals surface area contributed by atoms with Crippen LogP contribution in [0.15, 0.2) is 41.5 Å². The number of alkyl carbamates (subject to hydrolysis) is 1. The van der Waals surface area contributed by atoms with Gasteiger partial charge < -0.3 is 53.8 Å². The molecule has 1 aromatic rings. The summed E-state index contributed by atoms with van der Waals surface area (Å²) in [5.41, 5.74) is -9.75. The molecule has 12 atom stereocenters. The van der Waals surface area contributed by atoms with Gasteiger partial charge in [0, 0.05) is 37.5 Å². The normalized spacial score (nSPS) is 37.8. The van der Waals surface area contributed by atoms with Gasteiger partial charge in [-0.1, -0.05) is 45.9 Å². The summed E-state index contributed by atoms with van der Waals surface area (Å²) in [7, 11) is 0. The number of carbonyl (C=O) groups is 6. The summed E-state index contributed by atoms with van der Waals surface area (Å²) in [5, 5.41) is 39.2. The van der Waals surface area contributed by atoms with Crippen LogP contribution in [0.4, 0.5) is 4.79 Å². The highest BCUT2D eigenvalue weighted by atomic mass is 16.7. The number of ketones is 1. The summed E-state index contributed by atoms with van der Waals surface area (Å²) in [6.07, 6.45) is -12.5. The Morgan fingerprint density at radius 3 is 2.10 bits per heavy atom. The Kier molecular flexibility index (Phi) is 11.4. The number of carbonyl (C=O) groups excluding carboxylic acids is 6. The number of aliphatic hydroxyl groups is 3. The number of rotatable bonds is 7. The van der Waals surface area contributed by atoms with E-state index in [1.54, 1.807) is 66.7 Å². The summed E-state index contributed by atoms with van der Waals surface area (Å²) in [5.74, 6) is -6.09. The lowest BCUT2D eigenvalue weighted by Crippen LogP contribution is -2.82. The molecule has 6 rings (SSSR count). The van der Waals surface area contributed by atoms with E-state index in [0.717, 1.165) is 13.8 Å². The highest BCUT2D eigenvalue weighted by Crippen LogP contribution is 2.64. The first-order valence-corrected chi connectivity index (χ1v) is 20.1. The second-order valence-electron chi connectivity index (χ2n) is 19.0. The Balaban J connectivity index is 1.54. The zero-order chi connectivity index (χ0) is 44.7. The Morgan fingerprint density at radius 1 is 0.917 bits per heavy atom. The number of benzene rings is 1. The van der Waals surface area contributed by atoms with E-state index < -0.39 is 130 Å². The highest BCUT2D eigenvalue weighted by Gasteiger charge is 2.78. The Labute approximate surface area is 348 Å². The summed E-state index contributed by atoms with van der Waals surface area (Å²) in [6, 6.07) is 6.64. The number of ether oxygens (including phenoxy) is 7. The molecule has 330 valence electrons. The first kappa shape index (κ1) is 45.1. The molecule has 1 amide bonds. The molecule has 17 heteroatoms. The molecule has 5 aliphatic rings. The molecule has 0 aromatic heterocycles. The van der Waals surface area contributed by atoms with Crippen LogP contribution < -0.4 is 5.32 Å². The van der Waals surface area contributed by atoms with Gasteiger partial charge in [0.05, 0.1) is 35.6 Å². The molecule has 2 aliphatic heterocycles. The van der Waals surface area contributed by atoms with Crippen molar-refractivity contribution in [3.63, 3.8) is 0 Å². The van der Waals surface area contributed by atoms with Crippen LogP contribution in [-0.2, 0) is 52.3 Å². The fourth-order valence-corrected chi connectivity index (χ4v) is 10.0. The molecule has 2 bridgehead atoms. The summed E-state index contributed by atoms with van der Waals surface area (Å²) >= 11 is 0. The third kappa shape index (κ3) is 7.19. The van der Waals surface area contributed by atoms with Crippen LogP contribution in [0, 0.1) is 22.2 Å². The van der Waals surface area contributed by atoms with Gasteiger partial charge in [-0.25, -0.2) is 14.4 Å². The first-order valence-electron chi connectivity index (χ1n) is 20.1. The Morgan fingerprint density at radius 2 is 1.55 bits per heavy atom. The van der Waals surface area contributed by atoms with Crippen molar-refractivity contribution in [2.75, 3.05) is 6.61 Å². The number of hydrogen-bond acceptors (Lipinski definition) is 16. The van der Waals surface area contributed by atoms with E-state index in [-0.39, 0.29) is 29.7 Å². The predicted molar refractivity (Wildman–Crippen MR) is 206 cm³/mol. The quantitative estimate of drug-likeness (QED) is 0.175.